The smallest absolute Gasteiger partial charge is 0.0651 e. The minimum Gasteiger partial charge on any atom is -0.379 e. The van der Waals surface area contributed by atoms with Gasteiger partial charge in [0, 0.05) is 18.2 Å². The van der Waals surface area contributed by atoms with E-state index in [1.165, 1.54) is 25.8 Å². The molecule has 0 N–H and O–H groups in total. The summed E-state index contributed by atoms with van der Waals surface area (Å²) in [7, 11) is 0. The average Bonchev–Trinajstić information content (AvgIpc) is 2.61. The molecule has 2 fully saturated rings. The SMILES string of the molecule is CC(C)N1CCCC12CCOC2. The van der Waals surface area contributed by atoms with Gasteiger partial charge in [0.2, 0.25) is 0 Å². The molecule has 0 aliphatic carbocycles. The molecule has 12 heavy (non-hydrogen) atoms. The molecule has 1 spiro atoms. The standard InChI is InChI=1S/C10H19NO/c1-9(2)11-6-3-4-10(11)5-7-12-8-10/h9H,3-8H2,1-2H3. The van der Waals surface area contributed by atoms with Crippen LogP contribution in [0, 0.1) is 0 Å². The first-order valence-corrected chi connectivity index (χ1v) is 5.09. The Balaban J connectivity index is 2.12. The number of ether oxygens (including phenoxy) is 1. The van der Waals surface area contributed by atoms with Gasteiger partial charge in [-0.1, -0.05) is 0 Å². The maximum Gasteiger partial charge on any atom is 0.0651 e. The van der Waals surface area contributed by atoms with Gasteiger partial charge in [0.25, 0.3) is 0 Å². The van der Waals surface area contributed by atoms with Gasteiger partial charge in [-0.25, -0.2) is 0 Å². The number of hydrogen-bond acceptors (Lipinski definition) is 2. The number of rotatable bonds is 1. The van der Waals surface area contributed by atoms with Gasteiger partial charge in [0.1, 0.15) is 0 Å². The average molecular weight is 169 g/mol. The van der Waals surface area contributed by atoms with Crippen LogP contribution >= 0.6 is 0 Å². The monoisotopic (exact) mass is 169 g/mol. The molecule has 2 nitrogen and oxygen atoms in total. The number of likely N-dealkylation sites (tertiary alicyclic amines) is 1. The summed E-state index contributed by atoms with van der Waals surface area (Å²) in [6.07, 6.45) is 3.97. The second-order valence-corrected chi connectivity index (χ2v) is 4.42. The largest absolute Gasteiger partial charge is 0.379 e. The Morgan fingerprint density at radius 1 is 1.33 bits per heavy atom. The molecular weight excluding hydrogens is 150 g/mol. The molecule has 1 atom stereocenters. The van der Waals surface area contributed by atoms with Crippen LogP contribution < -0.4 is 0 Å². The van der Waals surface area contributed by atoms with Gasteiger partial charge in [-0.15, -0.1) is 0 Å². The molecule has 2 rings (SSSR count). The van der Waals surface area contributed by atoms with E-state index in [9.17, 15) is 0 Å². The molecule has 1 unspecified atom stereocenters. The van der Waals surface area contributed by atoms with Crippen molar-refractivity contribution in [3.8, 4) is 0 Å². The zero-order valence-electron chi connectivity index (χ0n) is 8.18. The van der Waals surface area contributed by atoms with E-state index in [4.69, 9.17) is 4.74 Å². The van der Waals surface area contributed by atoms with Crippen molar-refractivity contribution < 1.29 is 4.74 Å². The van der Waals surface area contributed by atoms with Crippen molar-refractivity contribution in [1.29, 1.82) is 0 Å². The highest BCUT2D eigenvalue weighted by atomic mass is 16.5. The Kier molecular flexibility index (Phi) is 2.13. The van der Waals surface area contributed by atoms with Crippen molar-refractivity contribution in [2.24, 2.45) is 0 Å². The highest BCUT2D eigenvalue weighted by Gasteiger charge is 2.44. The van der Waals surface area contributed by atoms with Gasteiger partial charge in [0.05, 0.1) is 6.61 Å². The van der Waals surface area contributed by atoms with Crippen LogP contribution in [-0.2, 0) is 4.74 Å². The lowest BCUT2D eigenvalue weighted by Crippen LogP contribution is -2.47. The lowest BCUT2D eigenvalue weighted by molar-refractivity contribution is 0.0784. The van der Waals surface area contributed by atoms with E-state index < -0.39 is 0 Å². The van der Waals surface area contributed by atoms with Gasteiger partial charge in [0.15, 0.2) is 0 Å². The van der Waals surface area contributed by atoms with E-state index >= 15 is 0 Å². The highest BCUT2D eigenvalue weighted by Crippen LogP contribution is 2.37. The number of nitrogens with zero attached hydrogens (tertiary/aromatic N) is 1. The molecule has 0 bridgehead atoms. The van der Waals surface area contributed by atoms with Crippen molar-refractivity contribution in [3.63, 3.8) is 0 Å². The Morgan fingerprint density at radius 2 is 2.17 bits per heavy atom. The van der Waals surface area contributed by atoms with Crippen LogP contribution in [0.5, 0.6) is 0 Å². The van der Waals surface area contributed by atoms with Gasteiger partial charge in [-0.3, -0.25) is 4.90 Å². The lowest BCUT2D eigenvalue weighted by Gasteiger charge is -2.36. The fourth-order valence-electron chi connectivity index (χ4n) is 2.79. The first-order chi connectivity index (χ1) is 5.75. The van der Waals surface area contributed by atoms with E-state index in [0.29, 0.717) is 11.6 Å². The molecule has 0 radical (unpaired) electrons. The highest BCUT2D eigenvalue weighted by molar-refractivity contribution is 4.99. The summed E-state index contributed by atoms with van der Waals surface area (Å²) < 4.78 is 5.52. The van der Waals surface area contributed by atoms with Gasteiger partial charge in [-0.2, -0.15) is 0 Å². The minimum absolute atomic E-state index is 0.439. The molecule has 2 aliphatic rings. The van der Waals surface area contributed by atoms with Crippen molar-refractivity contribution in [2.45, 2.75) is 44.7 Å². The summed E-state index contributed by atoms with van der Waals surface area (Å²) in [5.74, 6) is 0. The zero-order valence-corrected chi connectivity index (χ0v) is 8.18. The Labute approximate surface area is 74.9 Å². The molecule has 0 aromatic heterocycles. The quantitative estimate of drug-likeness (QED) is 0.592. The van der Waals surface area contributed by atoms with Crippen LogP contribution in [0.4, 0.5) is 0 Å². The molecule has 0 saturated carbocycles. The predicted molar refractivity (Wildman–Crippen MR) is 49.2 cm³/mol. The first kappa shape index (κ1) is 8.52. The second kappa shape index (κ2) is 3.00. The third kappa shape index (κ3) is 1.17. The summed E-state index contributed by atoms with van der Waals surface area (Å²) in [4.78, 5) is 2.64. The van der Waals surface area contributed by atoms with Crippen LogP contribution in [0.2, 0.25) is 0 Å². The lowest BCUT2D eigenvalue weighted by atomic mass is 9.94. The van der Waals surface area contributed by atoms with Crippen molar-refractivity contribution in [1.82, 2.24) is 4.90 Å². The molecule has 0 aromatic carbocycles. The third-order valence-electron chi connectivity index (χ3n) is 3.36. The van der Waals surface area contributed by atoms with Crippen molar-refractivity contribution in [3.05, 3.63) is 0 Å². The maximum atomic E-state index is 5.52. The summed E-state index contributed by atoms with van der Waals surface area (Å²) in [6, 6.07) is 0.689. The Hall–Kier alpha value is -0.0800. The van der Waals surface area contributed by atoms with E-state index in [-0.39, 0.29) is 0 Å². The van der Waals surface area contributed by atoms with Crippen molar-refractivity contribution in [2.75, 3.05) is 19.8 Å². The number of hydrogen-bond donors (Lipinski definition) is 0. The maximum absolute atomic E-state index is 5.52. The van der Waals surface area contributed by atoms with Crippen LogP contribution in [0.1, 0.15) is 33.1 Å². The van der Waals surface area contributed by atoms with E-state index in [0.717, 1.165) is 13.2 Å². The first-order valence-electron chi connectivity index (χ1n) is 5.09. The van der Waals surface area contributed by atoms with Gasteiger partial charge < -0.3 is 4.74 Å². The fraction of sp³-hybridized carbons (Fsp3) is 1.00. The normalized spacial score (nSPS) is 37.2. The summed E-state index contributed by atoms with van der Waals surface area (Å²) in [5.41, 5.74) is 0.439. The van der Waals surface area contributed by atoms with Crippen LogP contribution in [0.25, 0.3) is 0 Å². The van der Waals surface area contributed by atoms with Crippen molar-refractivity contribution >= 4 is 0 Å². The summed E-state index contributed by atoms with van der Waals surface area (Å²) in [6.45, 7) is 7.83. The molecular formula is C10H19NO. The summed E-state index contributed by atoms with van der Waals surface area (Å²) in [5, 5.41) is 0. The molecule has 0 aromatic rings. The topological polar surface area (TPSA) is 12.5 Å². The fourth-order valence-corrected chi connectivity index (χ4v) is 2.79. The molecule has 2 saturated heterocycles. The molecule has 0 amide bonds. The van der Waals surface area contributed by atoms with Crippen LogP contribution in [-0.4, -0.2) is 36.2 Å². The van der Waals surface area contributed by atoms with Crippen LogP contribution in [0.3, 0.4) is 0 Å². The molecule has 2 aliphatic heterocycles. The third-order valence-corrected chi connectivity index (χ3v) is 3.36. The van der Waals surface area contributed by atoms with Gasteiger partial charge in [-0.05, 0) is 39.7 Å². The predicted octanol–water partition coefficient (Wildman–Crippen LogP) is 1.65. The van der Waals surface area contributed by atoms with E-state index in [1.54, 1.807) is 0 Å². The minimum atomic E-state index is 0.439. The van der Waals surface area contributed by atoms with Gasteiger partial charge >= 0.3 is 0 Å². The molecule has 2 heteroatoms. The zero-order chi connectivity index (χ0) is 8.60. The van der Waals surface area contributed by atoms with E-state index in [2.05, 4.69) is 18.7 Å². The van der Waals surface area contributed by atoms with Crippen LogP contribution in [0.15, 0.2) is 0 Å². The van der Waals surface area contributed by atoms with E-state index in [1.807, 2.05) is 0 Å². The Morgan fingerprint density at radius 3 is 2.75 bits per heavy atom. The summed E-state index contributed by atoms with van der Waals surface area (Å²) >= 11 is 0. The Bertz CT molecular complexity index is 156. The molecule has 2 heterocycles. The second-order valence-electron chi connectivity index (χ2n) is 4.42. The molecule has 70 valence electrons.